The first kappa shape index (κ1) is 22.0. The van der Waals surface area contributed by atoms with Gasteiger partial charge in [-0.3, -0.25) is 0 Å². The standard InChI is InChI=1S/C23H43N2/c1-2-3-4-5-6-7-8-9-10-11-12-13-14-15-16-18-21-24-25-22-19-17-20-23-25/h17,19-20,22-24H,2-16,18,21H2,1H3/q+1. The minimum absolute atomic E-state index is 1.08. The highest BCUT2D eigenvalue weighted by Crippen LogP contribution is 2.13. The molecule has 0 radical (unpaired) electrons. The molecular formula is C23H43N2+. The average molecular weight is 348 g/mol. The van der Waals surface area contributed by atoms with E-state index in [0.29, 0.717) is 0 Å². The van der Waals surface area contributed by atoms with Crippen LogP contribution in [-0.4, -0.2) is 6.54 Å². The third-order valence-electron chi connectivity index (χ3n) is 5.04. The Balaban J connectivity index is 1.69. The maximum atomic E-state index is 3.41. The molecule has 0 amide bonds. The van der Waals surface area contributed by atoms with Crippen molar-refractivity contribution in [1.82, 2.24) is 0 Å². The molecule has 25 heavy (non-hydrogen) atoms. The maximum absolute atomic E-state index is 3.41. The van der Waals surface area contributed by atoms with E-state index in [4.69, 9.17) is 0 Å². The van der Waals surface area contributed by atoms with E-state index in [1.54, 1.807) is 0 Å². The van der Waals surface area contributed by atoms with Gasteiger partial charge in [-0.15, -0.1) is 0 Å². The zero-order valence-corrected chi connectivity index (χ0v) is 16.9. The van der Waals surface area contributed by atoms with Crippen molar-refractivity contribution in [1.29, 1.82) is 0 Å². The van der Waals surface area contributed by atoms with Gasteiger partial charge in [0.2, 0.25) is 0 Å². The molecule has 0 saturated heterocycles. The van der Waals surface area contributed by atoms with Crippen LogP contribution in [0.5, 0.6) is 0 Å². The molecule has 0 bridgehead atoms. The lowest BCUT2D eigenvalue weighted by atomic mass is 10.0. The first-order chi connectivity index (χ1) is 12.4. The molecule has 0 atom stereocenters. The number of aromatic nitrogens is 1. The van der Waals surface area contributed by atoms with Gasteiger partial charge < -0.3 is 0 Å². The van der Waals surface area contributed by atoms with Crippen LogP contribution in [0.25, 0.3) is 0 Å². The number of hydrogen-bond acceptors (Lipinski definition) is 1. The van der Waals surface area contributed by atoms with Crippen molar-refractivity contribution in [3.8, 4) is 0 Å². The van der Waals surface area contributed by atoms with E-state index in [1.165, 1.54) is 103 Å². The van der Waals surface area contributed by atoms with Crippen LogP contribution in [-0.2, 0) is 0 Å². The van der Waals surface area contributed by atoms with Crippen molar-refractivity contribution in [2.45, 2.75) is 110 Å². The van der Waals surface area contributed by atoms with Gasteiger partial charge in [-0.05, 0) is 6.42 Å². The van der Waals surface area contributed by atoms with Crippen LogP contribution in [0.2, 0.25) is 0 Å². The second-order valence-corrected chi connectivity index (χ2v) is 7.49. The second kappa shape index (κ2) is 17.8. The number of unbranched alkanes of at least 4 members (excludes halogenated alkanes) is 15. The Labute approximate surface area is 157 Å². The fourth-order valence-corrected chi connectivity index (χ4v) is 3.39. The molecule has 1 rings (SSSR count). The number of nitrogens with zero attached hydrogens (tertiary/aromatic N) is 1. The molecular weight excluding hydrogens is 304 g/mol. The minimum Gasteiger partial charge on any atom is -0.193 e. The van der Waals surface area contributed by atoms with Gasteiger partial charge in [0.1, 0.15) is 0 Å². The van der Waals surface area contributed by atoms with E-state index in [1.807, 2.05) is 10.7 Å². The monoisotopic (exact) mass is 347 g/mol. The number of hydrogen-bond donors (Lipinski definition) is 1. The zero-order valence-electron chi connectivity index (χ0n) is 16.9. The normalized spacial score (nSPS) is 10.9. The van der Waals surface area contributed by atoms with E-state index in [2.05, 4.69) is 36.9 Å². The van der Waals surface area contributed by atoms with Gasteiger partial charge in [0.25, 0.3) is 0 Å². The SMILES string of the molecule is CCCCCCCCCCCCCCCCCCN[n+]1ccccc1. The van der Waals surface area contributed by atoms with Crippen LogP contribution >= 0.6 is 0 Å². The molecule has 0 aliphatic rings. The third kappa shape index (κ3) is 15.0. The Morgan fingerprint density at radius 3 is 1.36 bits per heavy atom. The molecule has 1 aromatic rings. The summed E-state index contributed by atoms with van der Waals surface area (Å²) in [7, 11) is 0. The van der Waals surface area contributed by atoms with Gasteiger partial charge in [-0.2, -0.15) is 5.43 Å². The van der Waals surface area contributed by atoms with E-state index < -0.39 is 0 Å². The number of rotatable bonds is 18. The second-order valence-electron chi connectivity index (χ2n) is 7.49. The average Bonchev–Trinajstić information content (AvgIpc) is 2.65. The molecule has 0 spiro atoms. The lowest BCUT2D eigenvalue weighted by molar-refractivity contribution is -0.650. The van der Waals surface area contributed by atoms with Crippen LogP contribution in [0.1, 0.15) is 110 Å². The van der Waals surface area contributed by atoms with Gasteiger partial charge in [0.15, 0.2) is 12.4 Å². The highest BCUT2D eigenvalue weighted by molar-refractivity contribution is 4.84. The van der Waals surface area contributed by atoms with Gasteiger partial charge >= 0.3 is 0 Å². The molecule has 144 valence electrons. The van der Waals surface area contributed by atoms with Crippen LogP contribution in [0.4, 0.5) is 0 Å². The first-order valence-corrected chi connectivity index (χ1v) is 11.1. The molecule has 1 heterocycles. The summed E-state index contributed by atoms with van der Waals surface area (Å²) in [4.78, 5) is 0. The molecule has 0 aliphatic carbocycles. The van der Waals surface area contributed by atoms with E-state index in [0.717, 1.165) is 6.54 Å². The smallest absolute Gasteiger partial charge is 0.193 e. The quantitative estimate of drug-likeness (QED) is 0.229. The van der Waals surface area contributed by atoms with Crippen molar-refractivity contribution in [2.75, 3.05) is 12.0 Å². The molecule has 2 nitrogen and oxygen atoms in total. The minimum atomic E-state index is 1.08. The molecule has 0 aromatic carbocycles. The predicted molar refractivity (Wildman–Crippen MR) is 110 cm³/mol. The Morgan fingerprint density at radius 1 is 0.520 bits per heavy atom. The van der Waals surface area contributed by atoms with Gasteiger partial charge in [0, 0.05) is 12.1 Å². The summed E-state index contributed by atoms with van der Waals surface area (Å²) < 4.78 is 2.05. The lowest BCUT2D eigenvalue weighted by Crippen LogP contribution is -2.44. The van der Waals surface area contributed by atoms with Gasteiger partial charge in [0.05, 0.1) is 6.54 Å². The third-order valence-corrected chi connectivity index (χ3v) is 5.04. The summed E-state index contributed by atoms with van der Waals surface area (Å²) in [5, 5.41) is 0. The van der Waals surface area contributed by atoms with Crippen molar-refractivity contribution in [3.05, 3.63) is 30.6 Å². The van der Waals surface area contributed by atoms with E-state index in [9.17, 15) is 0 Å². The molecule has 0 aliphatic heterocycles. The highest BCUT2D eigenvalue weighted by Gasteiger charge is 1.97. The molecule has 0 saturated carbocycles. The lowest BCUT2D eigenvalue weighted by Gasteiger charge is -2.03. The Kier molecular flexibility index (Phi) is 15.6. The first-order valence-electron chi connectivity index (χ1n) is 11.1. The Bertz CT molecular complexity index is 364. The highest BCUT2D eigenvalue weighted by atomic mass is 15.4. The fraction of sp³-hybridized carbons (Fsp3) is 0.783. The Hall–Kier alpha value is -1.05. The Morgan fingerprint density at radius 2 is 0.920 bits per heavy atom. The summed E-state index contributed by atoms with van der Waals surface area (Å²) in [6.07, 6.45) is 27.0. The van der Waals surface area contributed by atoms with Crippen molar-refractivity contribution >= 4 is 0 Å². The fourth-order valence-electron chi connectivity index (χ4n) is 3.39. The zero-order chi connectivity index (χ0) is 17.8. The summed E-state index contributed by atoms with van der Waals surface area (Å²) >= 11 is 0. The van der Waals surface area contributed by atoms with Gasteiger partial charge in [-0.25, -0.2) is 0 Å². The maximum Gasteiger partial charge on any atom is 0.199 e. The van der Waals surface area contributed by atoms with Crippen molar-refractivity contribution in [2.24, 2.45) is 0 Å². The summed E-state index contributed by atoms with van der Waals surface area (Å²) in [5.74, 6) is 0. The molecule has 2 heteroatoms. The van der Waals surface area contributed by atoms with E-state index >= 15 is 0 Å². The van der Waals surface area contributed by atoms with Gasteiger partial charge in [-0.1, -0.05) is 114 Å². The molecule has 1 N–H and O–H groups in total. The number of nitrogens with one attached hydrogen (secondary N) is 1. The predicted octanol–water partition coefficient (Wildman–Crippen LogP) is 6.78. The van der Waals surface area contributed by atoms with Crippen molar-refractivity contribution < 1.29 is 4.68 Å². The number of pyridine rings is 1. The van der Waals surface area contributed by atoms with Crippen LogP contribution in [0, 0.1) is 0 Å². The van der Waals surface area contributed by atoms with Crippen LogP contribution in [0.15, 0.2) is 30.6 Å². The van der Waals surface area contributed by atoms with E-state index in [-0.39, 0.29) is 0 Å². The molecule has 1 aromatic heterocycles. The largest absolute Gasteiger partial charge is 0.199 e. The topological polar surface area (TPSA) is 15.9 Å². The molecule has 0 unspecified atom stereocenters. The summed E-state index contributed by atoms with van der Waals surface area (Å²) in [6, 6.07) is 6.16. The van der Waals surface area contributed by atoms with Crippen LogP contribution < -0.4 is 10.1 Å². The van der Waals surface area contributed by atoms with Crippen molar-refractivity contribution in [3.63, 3.8) is 0 Å². The molecule has 0 fully saturated rings. The van der Waals surface area contributed by atoms with Crippen LogP contribution in [0.3, 0.4) is 0 Å². The summed E-state index contributed by atoms with van der Waals surface area (Å²) in [5.41, 5.74) is 3.41. The summed E-state index contributed by atoms with van der Waals surface area (Å²) in [6.45, 7) is 3.37.